The molecule has 2 aromatic rings. The second-order valence-corrected chi connectivity index (χ2v) is 6.28. The minimum Gasteiger partial charge on any atom is -0.441 e. The van der Waals surface area contributed by atoms with E-state index in [0.717, 1.165) is 18.4 Å². The third-order valence-electron chi connectivity index (χ3n) is 3.87. The van der Waals surface area contributed by atoms with Crippen LogP contribution in [0.5, 0.6) is 0 Å². The Morgan fingerprint density at radius 1 is 1.26 bits per heavy atom. The number of aryl methyl sites for hydroxylation is 2. The van der Waals surface area contributed by atoms with Crippen LogP contribution in [-0.2, 0) is 17.6 Å². The first-order chi connectivity index (χ1) is 11.0. The fourth-order valence-corrected chi connectivity index (χ4v) is 2.31. The largest absolute Gasteiger partial charge is 0.441 e. The van der Waals surface area contributed by atoms with E-state index in [9.17, 15) is 4.79 Å². The fourth-order valence-electron chi connectivity index (χ4n) is 2.31. The summed E-state index contributed by atoms with van der Waals surface area (Å²) in [6.07, 6.45) is 2.26. The lowest BCUT2D eigenvalue weighted by molar-refractivity contribution is -0.120. The van der Waals surface area contributed by atoms with Gasteiger partial charge in [0.1, 0.15) is 5.76 Å². The Kier molecular flexibility index (Phi) is 5.97. The van der Waals surface area contributed by atoms with Crippen LogP contribution in [0, 0.1) is 12.8 Å². The van der Waals surface area contributed by atoms with E-state index >= 15 is 0 Å². The van der Waals surface area contributed by atoms with Gasteiger partial charge in [0.05, 0.1) is 12.1 Å². The molecular formula is C19H26N2O2. The van der Waals surface area contributed by atoms with E-state index in [4.69, 9.17) is 4.42 Å². The fraction of sp³-hybridized carbons (Fsp3) is 0.474. The van der Waals surface area contributed by atoms with Crippen molar-refractivity contribution in [3.63, 3.8) is 0 Å². The predicted octanol–water partition coefficient (Wildman–Crippen LogP) is 3.92. The van der Waals surface area contributed by atoms with Gasteiger partial charge in [-0.3, -0.25) is 4.79 Å². The van der Waals surface area contributed by atoms with Gasteiger partial charge in [-0.15, -0.1) is 0 Å². The number of carbonyl (C=O) groups is 1. The summed E-state index contributed by atoms with van der Waals surface area (Å²) in [4.78, 5) is 16.5. The second kappa shape index (κ2) is 7.95. The zero-order chi connectivity index (χ0) is 16.8. The molecule has 0 aliphatic heterocycles. The molecule has 0 radical (unpaired) electrons. The van der Waals surface area contributed by atoms with Crippen LogP contribution in [0.1, 0.15) is 44.2 Å². The number of hydrogen-bond donors (Lipinski definition) is 1. The molecule has 4 nitrogen and oxygen atoms in total. The van der Waals surface area contributed by atoms with Crippen LogP contribution in [0.25, 0.3) is 11.5 Å². The average Bonchev–Trinajstić information content (AvgIpc) is 2.88. The zero-order valence-electron chi connectivity index (χ0n) is 14.5. The summed E-state index contributed by atoms with van der Waals surface area (Å²) < 4.78 is 5.73. The molecule has 0 aliphatic rings. The Balaban J connectivity index is 2.01. The second-order valence-electron chi connectivity index (χ2n) is 6.28. The van der Waals surface area contributed by atoms with Gasteiger partial charge in [0.2, 0.25) is 11.8 Å². The number of amides is 1. The SMILES string of the molecule is CCc1ccc(-c2nc(CC(=O)NCCC(C)C)c(C)o2)cc1. The van der Waals surface area contributed by atoms with Crippen molar-refractivity contribution in [3.05, 3.63) is 41.3 Å². The number of nitrogens with one attached hydrogen (secondary N) is 1. The van der Waals surface area contributed by atoms with Gasteiger partial charge in [-0.2, -0.15) is 0 Å². The maximum absolute atomic E-state index is 12.0. The summed E-state index contributed by atoms with van der Waals surface area (Å²) in [5.41, 5.74) is 2.93. The summed E-state index contributed by atoms with van der Waals surface area (Å²) >= 11 is 0. The molecule has 0 bridgehead atoms. The topological polar surface area (TPSA) is 55.1 Å². The molecule has 0 saturated heterocycles. The van der Waals surface area contributed by atoms with E-state index in [1.807, 2.05) is 19.1 Å². The number of carbonyl (C=O) groups excluding carboxylic acids is 1. The Labute approximate surface area is 138 Å². The van der Waals surface area contributed by atoms with Crippen molar-refractivity contribution in [1.82, 2.24) is 10.3 Å². The van der Waals surface area contributed by atoms with Crippen LogP contribution in [-0.4, -0.2) is 17.4 Å². The molecule has 1 amide bonds. The van der Waals surface area contributed by atoms with E-state index in [1.54, 1.807) is 0 Å². The van der Waals surface area contributed by atoms with Crippen LogP contribution < -0.4 is 5.32 Å². The molecule has 0 unspecified atom stereocenters. The van der Waals surface area contributed by atoms with Gasteiger partial charge in [-0.25, -0.2) is 4.98 Å². The molecule has 0 saturated carbocycles. The Morgan fingerprint density at radius 3 is 2.57 bits per heavy atom. The number of aromatic nitrogens is 1. The molecule has 1 aromatic carbocycles. The third kappa shape index (κ3) is 4.95. The first kappa shape index (κ1) is 17.3. The minimum absolute atomic E-state index is 0.00469. The van der Waals surface area contributed by atoms with Crippen molar-refractivity contribution in [2.45, 2.75) is 47.0 Å². The van der Waals surface area contributed by atoms with Crippen molar-refractivity contribution in [3.8, 4) is 11.5 Å². The van der Waals surface area contributed by atoms with Gasteiger partial charge < -0.3 is 9.73 Å². The number of benzene rings is 1. The normalized spacial score (nSPS) is 11.0. The van der Waals surface area contributed by atoms with Gasteiger partial charge in [0, 0.05) is 12.1 Å². The molecule has 124 valence electrons. The monoisotopic (exact) mass is 314 g/mol. The molecule has 23 heavy (non-hydrogen) atoms. The van der Waals surface area contributed by atoms with Gasteiger partial charge in [-0.05, 0) is 43.4 Å². The highest BCUT2D eigenvalue weighted by atomic mass is 16.4. The van der Waals surface area contributed by atoms with Gasteiger partial charge >= 0.3 is 0 Å². The number of oxazole rings is 1. The van der Waals surface area contributed by atoms with Crippen molar-refractivity contribution < 1.29 is 9.21 Å². The van der Waals surface area contributed by atoms with E-state index in [2.05, 4.69) is 43.2 Å². The Morgan fingerprint density at radius 2 is 1.96 bits per heavy atom. The first-order valence-electron chi connectivity index (χ1n) is 8.32. The first-order valence-corrected chi connectivity index (χ1v) is 8.32. The van der Waals surface area contributed by atoms with Crippen LogP contribution in [0.2, 0.25) is 0 Å². The van der Waals surface area contributed by atoms with Crippen LogP contribution in [0.15, 0.2) is 28.7 Å². The molecule has 1 N–H and O–H groups in total. The van der Waals surface area contributed by atoms with Crippen LogP contribution in [0.4, 0.5) is 0 Å². The number of rotatable bonds is 7. The van der Waals surface area contributed by atoms with Crippen molar-refractivity contribution >= 4 is 5.91 Å². The summed E-state index contributed by atoms with van der Waals surface area (Å²) in [6.45, 7) is 8.97. The lowest BCUT2D eigenvalue weighted by Crippen LogP contribution is -2.27. The summed E-state index contributed by atoms with van der Waals surface area (Å²) in [6, 6.07) is 8.17. The number of hydrogen-bond acceptors (Lipinski definition) is 3. The molecule has 2 rings (SSSR count). The zero-order valence-corrected chi connectivity index (χ0v) is 14.5. The lowest BCUT2D eigenvalue weighted by Gasteiger charge is -2.06. The van der Waals surface area contributed by atoms with E-state index in [1.165, 1.54) is 5.56 Å². The van der Waals surface area contributed by atoms with E-state index < -0.39 is 0 Å². The van der Waals surface area contributed by atoms with Gasteiger partial charge in [-0.1, -0.05) is 32.9 Å². The van der Waals surface area contributed by atoms with Crippen molar-refractivity contribution in [1.29, 1.82) is 0 Å². The summed E-state index contributed by atoms with van der Waals surface area (Å²) in [5, 5.41) is 2.93. The third-order valence-corrected chi connectivity index (χ3v) is 3.87. The minimum atomic E-state index is -0.00469. The molecule has 0 fully saturated rings. The van der Waals surface area contributed by atoms with E-state index in [0.29, 0.717) is 29.8 Å². The van der Waals surface area contributed by atoms with Crippen molar-refractivity contribution in [2.75, 3.05) is 6.54 Å². The highest BCUT2D eigenvalue weighted by molar-refractivity contribution is 5.78. The standard InChI is InChI=1S/C19H26N2O2/c1-5-15-6-8-16(9-7-15)19-21-17(14(4)23-19)12-18(22)20-11-10-13(2)3/h6-9,13H,5,10-12H2,1-4H3,(H,20,22). The smallest absolute Gasteiger partial charge is 0.226 e. The molecular weight excluding hydrogens is 288 g/mol. The number of nitrogens with zero attached hydrogens (tertiary/aromatic N) is 1. The van der Waals surface area contributed by atoms with Gasteiger partial charge in [0.15, 0.2) is 0 Å². The predicted molar refractivity (Wildman–Crippen MR) is 92.2 cm³/mol. The molecule has 0 spiro atoms. The maximum atomic E-state index is 12.0. The maximum Gasteiger partial charge on any atom is 0.226 e. The lowest BCUT2D eigenvalue weighted by atomic mass is 10.1. The Hall–Kier alpha value is -2.10. The molecule has 1 aromatic heterocycles. The summed E-state index contributed by atoms with van der Waals surface area (Å²) in [5.74, 6) is 1.87. The van der Waals surface area contributed by atoms with E-state index in [-0.39, 0.29) is 12.3 Å². The summed E-state index contributed by atoms with van der Waals surface area (Å²) in [7, 11) is 0. The highest BCUT2D eigenvalue weighted by Crippen LogP contribution is 2.22. The van der Waals surface area contributed by atoms with Gasteiger partial charge in [0.25, 0.3) is 0 Å². The molecule has 1 heterocycles. The Bertz CT molecular complexity index is 642. The quantitative estimate of drug-likeness (QED) is 0.843. The average molecular weight is 314 g/mol. The molecule has 0 atom stereocenters. The van der Waals surface area contributed by atoms with Crippen LogP contribution >= 0.6 is 0 Å². The highest BCUT2D eigenvalue weighted by Gasteiger charge is 2.14. The molecule has 0 aliphatic carbocycles. The van der Waals surface area contributed by atoms with Crippen molar-refractivity contribution in [2.24, 2.45) is 5.92 Å². The van der Waals surface area contributed by atoms with Crippen LogP contribution in [0.3, 0.4) is 0 Å². The molecule has 4 heteroatoms.